The summed E-state index contributed by atoms with van der Waals surface area (Å²) in [5.74, 6) is 0.323. The van der Waals surface area contributed by atoms with Gasteiger partial charge in [0.25, 0.3) is 0 Å². The van der Waals surface area contributed by atoms with Gasteiger partial charge >= 0.3 is 0 Å². The van der Waals surface area contributed by atoms with Crippen LogP contribution in [0.1, 0.15) is 11.4 Å². The molecular formula is C20H18N4O3. The summed E-state index contributed by atoms with van der Waals surface area (Å²) in [6, 6.07) is 17.8. The van der Waals surface area contributed by atoms with Crippen molar-refractivity contribution in [1.82, 2.24) is 9.97 Å². The molecular weight excluding hydrogens is 344 g/mol. The second kappa shape index (κ2) is 8.11. The summed E-state index contributed by atoms with van der Waals surface area (Å²) in [4.78, 5) is 8.32. The molecule has 0 spiro atoms. The van der Waals surface area contributed by atoms with Crippen molar-refractivity contribution in [1.29, 1.82) is 0 Å². The van der Waals surface area contributed by atoms with Crippen molar-refractivity contribution in [3.63, 3.8) is 0 Å². The molecule has 0 aliphatic carbocycles. The van der Waals surface area contributed by atoms with E-state index in [0.717, 1.165) is 16.5 Å². The standard InChI is InChI=1S/C10H8N2O2.C10H10N2O/c13-9-3-1-2-7-4-5-8(6-11-14)12-10(7)9;11-6-8-5-4-7-2-1-3-9(13)10(7)12-8/h1-6,13-14H;1-5,13H,6,11H2/b11-6+;. The third kappa shape index (κ3) is 4.10. The lowest BCUT2D eigenvalue weighted by atomic mass is 10.2. The molecule has 0 unspecified atom stereocenters. The normalized spacial score (nSPS) is 10.9. The van der Waals surface area contributed by atoms with Crippen LogP contribution in [0.3, 0.4) is 0 Å². The van der Waals surface area contributed by atoms with Gasteiger partial charge in [0.15, 0.2) is 0 Å². The lowest BCUT2D eigenvalue weighted by Gasteiger charge is -2.01. The SMILES string of the molecule is NCc1ccc2cccc(O)c2n1.O/N=C/c1ccc2cccc(O)c2n1. The number of phenolic OH excluding ortho intramolecular Hbond substituents is 2. The number of hydrogen-bond acceptors (Lipinski definition) is 7. The Labute approximate surface area is 155 Å². The molecule has 2 aromatic heterocycles. The van der Waals surface area contributed by atoms with Crippen LogP contribution in [0, 0.1) is 0 Å². The zero-order valence-electron chi connectivity index (χ0n) is 14.3. The predicted octanol–water partition coefficient (Wildman–Crippen LogP) is 3.15. The fraction of sp³-hybridized carbons (Fsp3) is 0.0500. The molecule has 0 amide bonds. The highest BCUT2D eigenvalue weighted by atomic mass is 16.4. The molecule has 0 aliphatic heterocycles. The van der Waals surface area contributed by atoms with Crippen molar-refractivity contribution in [2.75, 3.05) is 0 Å². The molecule has 5 N–H and O–H groups in total. The van der Waals surface area contributed by atoms with E-state index in [9.17, 15) is 10.2 Å². The number of nitrogens with zero attached hydrogens (tertiary/aromatic N) is 3. The molecule has 4 aromatic rings. The van der Waals surface area contributed by atoms with Crippen LogP contribution >= 0.6 is 0 Å². The molecule has 2 aromatic carbocycles. The van der Waals surface area contributed by atoms with Crippen LogP contribution in [0.2, 0.25) is 0 Å². The highest BCUT2D eigenvalue weighted by Gasteiger charge is 2.01. The molecule has 27 heavy (non-hydrogen) atoms. The summed E-state index contributed by atoms with van der Waals surface area (Å²) in [6.07, 6.45) is 1.21. The first-order valence-electron chi connectivity index (χ1n) is 8.16. The highest BCUT2D eigenvalue weighted by molar-refractivity contribution is 5.88. The van der Waals surface area contributed by atoms with Gasteiger partial charge in [0.05, 0.1) is 17.6 Å². The molecule has 2 heterocycles. The molecule has 4 rings (SSSR count). The van der Waals surface area contributed by atoms with Crippen molar-refractivity contribution in [3.8, 4) is 11.5 Å². The Morgan fingerprint density at radius 1 is 0.815 bits per heavy atom. The van der Waals surface area contributed by atoms with Gasteiger partial charge in [-0.25, -0.2) is 9.97 Å². The minimum absolute atomic E-state index is 0.121. The zero-order chi connectivity index (χ0) is 19.2. The number of para-hydroxylation sites is 2. The Hall–Kier alpha value is -3.71. The number of nitrogens with two attached hydrogens (primary N) is 1. The summed E-state index contributed by atoms with van der Waals surface area (Å²) in [6.45, 7) is 0.393. The molecule has 0 fully saturated rings. The third-order valence-corrected chi connectivity index (χ3v) is 3.88. The monoisotopic (exact) mass is 362 g/mol. The van der Waals surface area contributed by atoms with Gasteiger partial charge in [-0.2, -0.15) is 0 Å². The number of aromatic hydroxyl groups is 2. The highest BCUT2D eigenvalue weighted by Crippen LogP contribution is 2.22. The van der Waals surface area contributed by atoms with Gasteiger partial charge in [-0.15, -0.1) is 0 Å². The quantitative estimate of drug-likeness (QED) is 0.247. The third-order valence-electron chi connectivity index (χ3n) is 3.88. The second-order valence-corrected chi connectivity index (χ2v) is 5.69. The summed E-state index contributed by atoms with van der Waals surface area (Å²) < 4.78 is 0. The topological polar surface area (TPSA) is 125 Å². The van der Waals surface area contributed by atoms with Gasteiger partial charge in [-0.05, 0) is 24.3 Å². The van der Waals surface area contributed by atoms with Crippen molar-refractivity contribution >= 4 is 28.0 Å². The van der Waals surface area contributed by atoms with Crippen molar-refractivity contribution < 1.29 is 15.4 Å². The van der Waals surface area contributed by atoms with Crippen LogP contribution < -0.4 is 5.73 Å². The summed E-state index contributed by atoms with van der Waals surface area (Å²) in [5, 5.41) is 32.0. The van der Waals surface area contributed by atoms with Crippen LogP contribution in [0.25, 0.3) is 21.8 Å². The summed E-state index contributed by atoms with van der Waals surface area (Å²) in [7, 11) is 0. The first-order chi connectivity index (χ1) is 13.1. The van der Waals surface area contributed by atoms with Gasteiger partial charge in [0.1, 0.15) is 22.5 Å². The number of oxime groups is 1. The Bertz CT molecular complexity index is 1110. The van der Waals surface area contributed by atoms with Crippen molar-refractivity contribution in [3.05, 3.63) is 72.1 Å². The average molecular weight is 362 g/mol. The van der Waals surface area contributed by atoms with Crippen molar-refractivity contribution in [2.45, 2.75) is 6.54 Å². The number of hydrogen-bond donors (Lipinski definition) is 4. The van der Waals surface area contributed by atoms with Crippen LogP contribution in [0.15, 0.2) is 65.8 Å². The summed E-state index contributed by atoms with van der Waals surface area (Å²) >= 11 is 0. The smallest absolute Gasteiger partial charge is 0.141 e. The van der Waals surface area contributed by atoms with E-state index >= 15 is 0 Å². The maximum absolute atomic E-state index is 9.49. The average Bonchev–Trinajstić information content (AvgIpc) is 2.69. The van der Waals surface area contributed by atoms with Gasteiger partial charge in [0.2, 0.25) is 0 Å². The maximum atomic E-state index is 9.49. The van der Waals surface area contributed by atoms with Gasteiger partial charge in [-0.3, -0.25) is 0 Å². The van der Waals surface area contributed by atoms with E-state index < -0.39 is 0 Å². The van der Waals surface area contributed by atoms with Gasteiger partial charge in [-0.1, -0.05) is 41.6 Å². The molecule has 0 saturated carbocycles. The van der Waals surface area contributed by atoms with Crippen LogP contribution in [0.4, 0.5) is 0 Å². The van der Waals surface area contributed by atoms with E-state index in [0.29, 0.717) is 23.3 Å². The zero-order valence-corrected chi connectivity index (χ0v) is 14.3. The number of rotatable bonds is 2. The second-order valence-electron chi connectivity index (χ2n) is 5.69. The fourth-order valence-corrected chi connectivity index (χ4v) is 2.56. The molecule has 7 heteroatoms. The largest absolute Gasteiger partial charge is 0.506 e. The Morgan fingerprint density at radius 2 is 1.41 bits per heavy atom. The molecule has 136 valence electrons. The molecule has 0 saturated heterocycles. The maximum Gasteiger partial charge on any atom is 0.141 e. The Kier molecular flexibility index (Phi) is 5.44. The first kappa shape index (κ1) is 18.1. The van der Waals surface area contributed by atoms with Crippen molar-refractivity contribution in [2.24, 2.45) is 10.9 Å². The number of fused-ring (bicyclic) bond motifs is 2. The van der Waals surface area contributed by atoms with Crippen LogP contribution in [-0.4, -0.2) is 31.6 Å². The van der Waals surface area contributed by atoms with E-state index in [4.69, 9.17) is 10.9 Å². The molecule has 0 bridgehead atoms. The molecule has 0 radical (unpaired) electrons. The van der Waals surface area contributed by atoms with E-state index in [1.54, 1.807) is 36.4 Å². The lowest BCUT2D eigenvalue weighted by Crippen LogP contribution is -1.98. The number of aromatic nitrogens is 2. The minimum atomic E-state index is 0.121. The molecule has 0 atom stereocenters. The Morgan fingerprint density at radius 3 is 2.00 bits per heavy atom. The van der Waals surface area contributed by atoms with E-state index in [-0.39, 0.29) is 11.5 Å². The molecule has 7 nitrogen and oxygen atoms in total. The Balaban J connectivity index is 0.000000156. The fourth-order valence-electron chi connectivity index (χ4n) is 2.56. The number of benzene rings is 2. The van der Waals surface area contributed by atoms with E-state index in [1.165, 1.54) is 6.21 Å². The van der Waals surface area contributed by atoms with Gasteiger partial charge < -0.3 is 21.2 Å². The van der Waals surface area contributed by atoms with Gasteiger partial charge in [0, 0.05) is 17.3 Å². The van der Waals surface area contributed by atoms with E-state index in [1.807, 2.05) is 24.3 Å². The van der Waals surface area contributed by atoms with E-state index in [2.05, 4.69) is 15.1 Å². The summed E-state index contributed by atoms with van der Waals surface area (Å²) in [5.41, 5.74) is 7.85. The minimum Gasteiger partial charge on any atom is -0.506 e. The number of pyridine rings is 2. The number of phenols is 2. The molecule has 0 aliphatic rings. The first-order valence-corrected chi connectivity index (χ1v) is 8.16. The predicted molar refractivity (Wildman–Crippen MR) is 104 cm³/mol. The lowest BCUT2D eigenvalue weighted by molar-refractivity contribution is 0.321. The van der Waals surface area contributed by atoms with Crippen LogP contribution in [0.5, 0.6) is 11.5 Å². The van der Waals surface area contributed by atoms with Crippen LogP contribution in [-0.2, 0) is 6.54 Å².